The molecular weight excluding hydrogens is 172 g/mol. The van der Waals surface area contributed by atoms with Crippen LogP contribution in [0.15, 0.2) is 30.9 Å². The molecule has 0 radical (unpaired) electrons. The van der Waals surface area contributed by atoms with E-state index in [1.54, 1.807) is 7.11 Å². The minimum Gasteiger partial charge on any atom is -0.496 e. The molecule has 1 aromatic rings. The van der Waals surface area contributed by atoms with Crippen LogP contribution in [0, 0.1) is 6.92 Å². The number of rotatable bonds is 4. The van der Waals surface area contributed by atoms with Crippen LogP contribution in [0.4, 0.5) is 0 Å². The molecule has 1 nitrogen and oxygen atoms in total. The lowest BCUT2D eigenvalue weighted by atomic mass is 9.95. The van der Waals surface area contributed by atoms with Gasteiger partial charge in [0.2, 0.25) is 0 Å². The Morgan fingerprint density at radius 1 is 1.50 bits per heavy atom. The normalized spacial score (nSPS) is 12.2. The highest BCUT2D eigenvalue weighted by Gasteiger charge is 2.09. The first-order valence-electron chi connectivity index (χ1n) is 4.94. The van der Waals surface area contributed by atoms with E-state index in [0.717, 1.165) is 12.2 Å². The van der Waals surface area contributed by atoms with Crippen LogP contribution in [-0.2, 0) is 0 Å². The molecule has 0 N–H and O–H groups in total. The summed E-state index contributed by atoms with van der Waals surface area (Å²) in [6, 6.07) is 6.29. The van der Waals surface area contributed by atoms with Gasteiger partial charge in [0.1, 0.15) is 5.75 Å². The minimum atomic E-state index is 0.474. The van der Waals surface area contributed by atoms with Gasteiger partial charge in [-0.25, -0.2) is 0 Å². The summed E-state index contributed by atoms with van der Waals surface area (Å²) in [5, 5.41) is 0. The zero-order valence-corrected chi connectivity index (χ0v) is 9.21. The molecule has 1 atom stereocenters. The summed E-state index contributed by atoms with van der Waals surface area (Å²) in [6.45, 7) is 8.06. The van der Waals surface area contributed by atoms with Crippen molar-refractivity contribution in [2.24, 2.45) is 0 Å². The number of hydrogen-bond donors (Lipinski definition) is 0. The molecule has 76 valence electrons. The van der Waals surface area contributed by atoms with Gasteiger partial charge in [-0.15, -0.1) is 6.58 Å². The predicted octanol–water partition coefficient (Wildman–Crippen LogP) is 3.68. The van der Waals surface area contributed by atoms with E-state index in [1.807, 2.05) is 12.1 Å². The molecule has 1 heteroatoms. The van der Waals surface area contributed by atoms with Crippen molar-refractivity contribution in [2.45, 2.75) is 26.2 Å². The molecule has 0 saturated heterocycles. The van der Waals surface area contributed by atoms with Crippen LogP contribution in [-0.4, -0.2) is 7.11 Å². The summed E-state index contributed by atoms with van der Waals surface area (Å²) in [4.78, 5) is 0. The van der Waals surface area contributed by atoms with Gasteiger partial charge in [0.05, 0.1) is 7.11 Å². The quantitative estimate of drug-likeness (QED) is 0.658. The molecule has 0 aromatic heterocycles. The molecule has 1 unspecified atom stereocenters. The van der Waals surface area contributed by atoms with Crippen molar-refractivity contribution in [3.63, 3.8) is 0 Å². The van der Waals surface area contributed by atoms with Crippen molar-refractivity contribution < 1.29 is 4.74 Å². The Bertz CT molecular complexity index is 315. The summed E-state index contributed by atoms with van der Waals surface area (Å²) in [5.74, 6) is 1.45. The van der Waals surface area contributed by atoms with Gasteiger partial charge in [0.25, 0.3) is 0 Å². The van der Waals surface area contributed by atoms with Crippen LogP contribution in [0.2, 0.25) is 0 Å². The first kappa shape index (κ1) is 10.8. The molecule has 0 aliphatic heterocycles. The molecule has 1 aromatic carbocycles. The van der Waals surface area contributed by atoms with Gasteiger partial charge >= 0.3 is 0 Å². The van der Waals surface area contributed by atoms with Crippen molar-refractivity contribution in [1.82, 2.24) is 0 Å². The van der Waals surface area contributed by atoms with E-state index >= 15 is 0 Å². The van der Waals surface area contributed by atoms with Crippen LogP contribution < -0.4 is 4.74 Å². The van der Waals surface area contributed by atoms with Crippen LogP contribution in [0.5, 0.6) is 5.75 Å². The fraction of sp³-hybridized carbons (Fsp3) is 0.385. The molecular formula is C13H18O. The lowest BCUT2D eigenvalue weighted by Crippen LogP contribution is -1.97. The van der Waals surface area contributed by atoms with E-state index in [1.165, 1.54) is 11.1 Å². The highest BCUT2D eigenvalue weighted by Crippen LogP contribution is 2.29. The SMILES string of the molecule is C=CCC(C)c1cc(C)ccc1OC. The second kappa shape index (κ2) is 4.85. The van der Waals surface area contributed by atoms with E-state index in [4.69, 9.17) is 4.74 Å². The van der Waals surface area contributed by atoms with Crippen molar-refractivity contribution in [2.75, 3.05) is 7.11 Å². The van der Waals surface area contributed by atoms with Gasteiger partial charge in [-0.05, 0) is 30.9 Å². The van der Waals surface area contributed by atoms with Crippen LogP contribution in [0.25, 0.3) is 0 Å². The van der Waals surface area contributed by atoms with E-state index in [9.17, 15) is 0 Å². The highest BCUT2D eigenvalue weighted by atomic mass is 16.5. The molecule has 0 aliphatic rings. The topological polar surface area (TPSA) is 9.23 Å². The predicted molar refractivity (Wildman–Crippen MR) is 61.0 cm³/mol. The number of benzene rings is 1. The third-order valence-electron chi connectivity index (χ3n) is 2.44. The average molecular weight is 190 g/mol. The first-order valence-corrected chi connectivity index (χ1v) is 4.94. The Morgan fingerprint density at radius 2 is 2.21 bits per heavy atom. The van der Waals surface area contributed by atoms with E-state index < -0.39 is 0 Å². The van der Waals surface area contributed by atoms with Gasteiger partial charge < -0.3 is 4.74 Å². The second-order valence-corrected chi connectivity index (χ2v) is 3.67. The number of hydrogen-bond acceptors (Lipinski definition) is 1. The number of ether oxygens (including phenoxy) is 1. The standard InChI is InChI=1S/C13H18O/c1-5-6-11(3)12-9-10(2)7-8-13(12)14-4/h5,7-9,11H,1,6H2,2-4H3. The maximum Gasteiger partial charge on any atom is 0.122 e. The fourth-order valence-electron chi connectivity index (χ4n) is 1.62. The number of aryl methyl sites for hydroxylation is 1. The monoisotopic (exact) mass is 190 g/mol. The largest absolute Gasteiger partial charge is 0.496 e. The van der Waals surface area contributed by atoms with Crippen molar-refractivity contribution in [3.05, 3.63) is 42.0 Å². The highest BCUT2D eigenvalue weighted by molar-refractivity contribution is 5.39. The third kappa shape index (κ3) is 2.38. The molecule has 0 aliphatic carbocycles. The fourth-order valence-corrected chi connectivity index (χ4v) is 1.62. The minimum absolute atomic E-state index is 0.474. The summed E-state index contributed by atoms with van der Waals surface area (Å²) >= 11 is 0. The zero-order valence-electron chi connectivity index (χ0n) is 9.21. The summed E-state index contributed by atoms with van der Waals surface area (Å²) in [7, 11) is 1.72. The van der Waals surface area contributed by atoms with E-state index in [-0.39, 0.29) is 0 Å². The van der Waals surface area contributed by atoms with Crippen molar-refractivity contribution >= 4 is 0 Å². The number of methoxy groups -OCH3 is 1. The second-order valence-electron chi connectivity index (χ2n) is 3.67. The first-order chi connectivity index (χ1) is 6.69. The molecule has 0 heterocycles. The van der Waals surface area contributed by atoms with Crippen molar-refractivity contribution in [3.8, 4) is 5.75 Å². The lowest BCUT2D eigenvalue weighted by molar-refractivity contribution is 0.406. The average Bonchev–Trinajstić information content (AvgIpc) is 2.18. The van der Waals surface area contributed by atoms with Crippen LogP contribution >= 0.6 is 0 Å². The van der Waals surface area contributed by atoms with Gasteiger partial charge in [0.15, 0.2) is 0 Å². The summed E-state index contributed by atoms with van der Waals surface area (Å²) in [5.41, 5.74) is 2.55. The molecule has 0 amide bonds. The Balaban J connectivity index is 3.02. The Kier molecular flexibility index (Phi) is 3.75. The van der Waals surface area contributed by atoms with E-state index in [0.29, 0.717) is 5.92 Å². The summed E-state index contributed by atoms with van der Waals surface area (Å²) in [6.07, 6.45) is 2.94. The maximum absolute atomic E-state index is 5.33. The Hall–Kier alpha value is -1.24. The molecule has 1 rings (SSSR count). The molecule has 0 spiro atoms. The Labute approximate surface area is 86.4 Å². The van der Waals surface area contributed by atoms with Crippen LogP contribution in [0.1, 0.15) is 30.4 Å². The van der Waals surface area contributed by atoms with Crippen LogP contribution in [0.3, 0.4) is 0 Å². The summed E-state index contributed by atoms with van der Waals surface area (Å²) < 4.78 is 5.33. The Morgan fingerprint density at radius 3 is 2.79 bits per heavy atom. The van der Waals surface area contributed by atoms with Gasteiger partial charge in [0, 0.05) is 0 Å². The van der Waals surface area contributed by atoms with Gasteiger partial charge in [-0.1, -0.05) is 30.7 Å². The molecule has 0 bridgehead atoms. The third-order valence-corrected chi connectivity index (χ3v) is 2.44. The molecule has 0 fully saturated rings. The van der Waals surface area contributed by atoms with Gasteiger partial charge in [-0.2, -0.15) is 0 Å². The van der Waals surface area contributed by atoms with E-state index in [2.05, 4.69) is 32.6 Å². The maximum atomic E-state index is 5.33. The molecule has 0 saturated carbocycles. The number of allylic oxidation sites excluding steroid dienone is 1. The van der Waals surface area contributed by atoms with Crippen molar-refractivity contribution in [1.29, 1.82) is 0 Å². The lowest BCUT2D eigenvalue weighted by Gasteiger charge is -2.14. The molecule has 14 heavy (non-hydrogen) atoms. The van der Waals surface area contributed by atoms with Gasteiger partial charge in [-0.3, -0.25) is 0 Å². The smallest absolute Gasteiger partial charge is 0.122 e. The zero-order chi connectivity index (χ0) is 10.6.